The minimum absolute atomic E-state index is 0.381. The Morgan fingerprint density at radius 2 is 2.64 bits per heavy atom. The molecule has 2 heteroatoms. The molecule has 0 fully saturated rings. The molecule has 1 aromatic rings. The van der Waals surface area contributed by atoms with E-state index in [1.54, 1.807) is 11.3 Å². The highest BCUT2D eigenvalue weighted by Crippen LogP contribution is 2.17. The molecule has 0 saturated heterocycles. The number of thiophene rings is 1. The van der Waals surface area contributed by atoms with Crippen LogP contribution in [0.25, 0.3) is 0 Å². The average Bonchev–Trinajstić information content (AvgIpc) is 2.52. The molecule has 0 saturated carbocycles. The van der Waals surface area contributed by atoms with Crippen LogP contribution >= 0.6 is 11.3 Å². The molecule has 1 heterocycles. The Hall–Kier alpha value is -0.780. The first kappa shape index (κ1) is 8.32. The molecule has 1 atom stereocenters. The molecule has 0 amide bonds. The summed E-state index contributed by atoms with van der Waals surface area (Å²) in [4.78, 5) is 1.33. The van der Waals surface area contributed by atoms with E-state index in [1.165, 1.54) is 4.88 Å². The van der Waals surface area contributed by atoms with Gasteiger partial charge in [0, 0.05) is 10.9 Å². The lowest BCUT2D eigenvalue weighted by Crippen LogP contribution is -2.17. The zero-order valence-electron chi connectivity index (χ0n) is 6.50. The molecule has 0 radical (unpaired) electrons. The first-order valence-corrected chi connectivity index (χ1v) is 4.43. The second-order valence-electron chi connectivity index (χ2n) is 2.32. The van der Waals surface area contributed by atoms with Gasteiger partial charge in [0.25, 0.3) is 0 Å². The Labute approximate surface area is 71.4 Å². The number of hydrogen-bond donors (Lipinski definition) is 1. The Morgan fingerprint density at radius 3 is 3.18 bits per heavy atom. The molecule has 11 heavy (non-hydrogen) atoms. The number of nitrogens with one attached hydrogen (secondary N) is 1. The van der Waals surface area contributed by atoms with Crippen molar-refractivity contribution in [2.45, 2.75) is 13.0 Å². The van der Waals surface area contributed by atoms with E-state index >= 15 is 0 Å². The van der Waals surface area contributed by atoms with E-state index in [9.17, 15) is 0 Å². The molecule has 1 nitrogen and oxygen atoms in total. The minimum Gasteiger partial charge on any atom is -0.299 e. The van der Waals surface area contributed by atoms with Gasteiger partial charge in [-0.15, -0.1) is 17.8 Å². The van der Waals surface area contributed by atoms with E-state index in [4.69, 9.17) is 6.42 Å². The van der Waals surface area contributed by atoms with Crippen LogP contribution in [0.1, 0.15) is 17.8 Å². The third-order valence-electron chi connectivity index (χ3n) is 1.48. The first-order valence-electron chi connectivity index (χ1n) is 3.55. The lowest BCUT2D eigenvalue weighted by Gasteiger charge is -2.07. The zero-order valence-corrected chi connectivity index (χ0v) is 7.32. The third kappa shape index (κ3) is 2.38. The van der Waals surface area contributed by atoms with Gasteiger partial charge in [-0.2, -0.15) is 0 Å². The van der Waals surface area contributed by atoms with Crippen LogP contribution in [0, 0.1) is 12.3 Å². The maximum atomic E-state index is 5.12. The van der Waals surface area contributed by atoms with Crippen LogP contribution in [-0.4, -0.2) is 6.54 Å². The van der Waals surface area contributed by atoms with E-state index in [2.05, 4.69) is 29.6 Å². The fraction of sp³-hybridized carbons (Fsp3) is 0.333. The molecule has 0 aliphatic heterocycles. The highest BCUT2D eigenvalue weighted by Gasteiger charge is 2.02. The summed E-state index contributed by atoms with van der Waals surface area (Å²) >= 11 is 1.75. The van der Waals surface area contributed by atoms with Crippen molar-refractivity contribution in [2.75, 3.05) is 6.54 Å². The standard InChI is InChI=1S/C9H11NS/c1-3-6-10-8(2)9-5-4-7-11-9/h1,4-5,7-8,10H,6H2,2H3/t8-/m0/s1. The smallest absolute Gasteiger partial charge is 0.0578 e. The van der Waals surface area contributed by atoms with Gasteiger partial charge >= 0.3 is 0 Å². The van der Waals surface area contributed by atoms with Gasteiger partial charge in [-0.3, -0.25) is 5.32 Å². The third-order valence-corrected chi connectivity index (χ3v) is 2.54. The SMILES string of the molecule is C#CCN[C@@H](C)c1cccs1. The first-order chi connectivity index (χ1) is 5.34. The quantitative estimate of drug-likeness (QED) is 0.676. The van der Waals surface area contributed by atoms with Gasteiger partial charge in [0.1, 0.15) is 0 Å². The van der Waals surface area contributed by atoms with E-state index in [-0.39, 0.29) is 0 Å². The molecule has 0 unspecified atom stereocenters. The summed E-state index contributed by atoms with van der Waals surface area (Å²) in [5.41, 5.74) is 0. The summed E-state index contributed by atoms with van der Waals surface area (Å²) < 4.78 is 0. The molecule has 58 valence electrons. The second-order valence-corrected chi connectivity index (χ2v) is 3.30. The van der Waals surface area contributed by atoms with Crippen molar-refractivity contribution in [1.29, 1.82) is 0 Å². The molecular formula is C9H11NS. The predicted octanol–water partition coefficient (Wildman–Crippen LogP) is 2.03. The normalized spacial score (nSPS) is 12.4. The van der Waals surface area contributed by atoms with Crippen molar-refractivity contribution in [2.24, 2.45) is 0 Å². The van der Waals surface area contributed by atoms with Gasteiger partial charge in [-0.1, -0.05) is 12.0 Å². The van der Waals surface area contributed by atoms with Crippen LogP contribution < -0.4 is 5.32 Å². The summed E-state index contributed by atoms with van der Waals surface area (Å²) in [5, 5.41) is 5.28. The lowest BCUT2D eigenvalue weighted by atomic mass is 10.3. The Bertz CT molecular complexity index is 233. The summed E-state index contributed by atoms with van der Waals surface area (Å²) in [6.07, 6.45) is 5.12. The van der Waals surface area contributed by atoms with Gasteiger partial charge in [0.05, 0.1) is 6.54 Å². The summed E-state index contributed by atoms with van der Waals surface area (Å²) in [5.74, 6) is 2.55. The minimum atomic E-state index is 0.381. The van der Waals surface area contributed by atoms with Gasteiger partial charge in [-0.05, 0) is 18.4 Å². The van der Waals surface area contributed by atoms with Crippen LogP contribution in [0.3, 0.4) is 0 Å². The average molecular weight is 165 g/mol. The van der Waals surface area contributed by atoms with Crippen LogP contribution in [0.2, 0.25) is 0 Å². The summed E-state index contributed by atoms with van der Waals surface area (Å²) in [7, 11) is 0. The number of rotatable bonds is 3. The fourth-order valence-electron chi connectivity index (χ4n) is 0.850. The maximum Gasteiger partial charge on any atom is 0.0578 e. The van der Waals surface area contributed by atoms with Crippen LogP contribution in [-0.2, 0) is 0 Å². The summed E-state index contributed by atoms with van der Waals surface area (Å²) in [6, 6.07) is 4.54. The van der Waals surface area contributed by atoms with Crippen LogP contribution in [0.5, 0.6) is 0 Å². The van der Waals surface area contributed by atoms with Crippen LogP contribution in [0.15, 0.2) is 17.5 Å². The molecule has 0 aromatic carbocycles. The lowest BCUT2D eigenvalue weighted by molar-refractivity contribution is 0.633. The van der Waals surface area contributed by atoms with Crippen molar-refractivity contribution < 1.29 is 0 Å². The highest BCUT2D eigenvalue weighted by atomic mass is 32.1. The molecule has 1 N–H and O–H groups in total. The molecule has 0 spiro atoms. The fourth-order valence-corrected chi connectivity index (χ4v) is 1.61. The highest BCUT2D eigenvalue weighted by molar-refractivity contribution is 7.10. The van der Waals surface area contributed by atoms with Crippen molar-refractivity contribution >= 4 is 11.3 Å². The topological polar surface area (TPSA) is 12.0 Å². The monoisotopic (exact) mass is 165 g/mol. The maximum absolute atomic E-state index is 5.12. The van der Waals surface area contributed by atoms with Crippen molar-refractivity contribution in [3.63, 3.8) is 0 Å². The molecule has 0 aliphatic carbocycles. The van der Waals surface area contributed by atoms with Gasteiger partial charge < -0.3 is 0 Å². The van der Waals surface area contributed by atoms with Crippen molar-refractivity contribution in [1.82, 2.24) is 5.32 Å². The Balaban J connectivity index is 2.44. The molecule has 1 rings (SSSR count). The van der Waals surface area contributed by atoms with Gasteiger partial charge in [-0.25, -0.2) is 0 Å². The number of terminal acetylenes is 1. The van der Waals surface area contributed by atoms with E-state index in [0.29, 0.717) is 12.6 Å². The zero-order chi connectivity index (χ0) is 8.10. The largest absolute Gasteiger partial charge is 0.299 e. The molecule has 0 aliphatic rings. The molecular weight excluding hydrogens is 154 g/mol. The van der Waals surface area contributed by atoms with E-state index in [0.717, 1.165) is 0 Å². The second kappa shape index (κ2) is 4.17. The van der Waals surface area contributed by atoms with Gasteiger partial charge in [0.15, 0.2) is 0 Å². The number of hydrogen-bond acceptors (Lipinski definition) is 2. The van der Waals surface area contributed by atoms with E-state index in [1.807, 2.05) is 6.07 Å². The van der Waals surface area contributed by atoms with Crippen molar-refractivity contribution in [3.8, 4) is 12.3 Å². The Kier molecular flexibility index (Phi) is 3.15. The summed E-state index contributed by atoms with van der Waals surface area (Å²) in [6.45, 7) is 2.75. The molecule has 0 bridgehead atoms. The predicted molar refractivity (Wildman–Crippen MR) is 49.6 cm³/mol. The molecule has 1 aromatic heterocycles. The Morgan fingerprint density at radius 1 is 1.82 bits per heavy atom. The van der Waals surface area contributed by atoms with E-state index < -0.39 is 0 Å². The van der Waals surface area contributed by atoms with Crippen molar-refractivity contribution in [3.05, 3.63) is 22.4 Å². The van der Waals surface area contributed by atoms with Gasteiger partial charge in [0.2, 0.25) is 0 Å². The van der Waals surface area contributed by atoms with Crippen LogP contribution in [0.4, 0.5) is 0 Å².